The molecule has 3 aromatic rings. The van der Waals surface area contributed by atoms with Gasteiger partial charge < -0.3 is 9.84 Å². The van der Waals surface area contributed by atoms with Crippen LogP contribution in [-0.4, -0.2) is 27.6 Å². The number of benzene rings is 1. The van der Waals surface area contributed by atoms with Crippen molar-refractivity contribution in [2.24, 2.45) is 10.2 Å². The number of methoxy groups -OCH3 is 1. The molecular formula is C15H11ClN4O3. The van der Waals surface area contributed by atoms with Crippen LogP contribution < -0.4 is 4.74 Å². The molecule has 0 saturated heterocycles. The molecule has 0 aliphatic heterocycles. The molecule has 3 rings (SSSR count). The Kier molecular flexibility index (Phi) is 3.94. The van der Waals surface area contributed by atoms with Gasteiger partial charge >= 0.3 is 5.97 Å². The molecule has 23 heavy (non-hydrogen) atoms. The van der Waals surface area contributed by atoms with Crippen LogP contribution in [0, 0.1) is 0 Å². The first-order valence-electron chi connectivity index (χ1n) is 6.56. The third kappa shape index (κ3) is 2.86. The summed E-state index contributed by atoms with van der Waals surface area (Å²) in [6.45, 7) is 0. The highest BCUT2D eigenvalue weighted by Gasteiger charge is 2.17. The van der Waals surface area contributed by atoms with E-state index in [0.29, 0.717) is 22.1 Å². The minimum atomic E-state index is -1.17. The molecule has 0 unspecified atom stereocenters. The van der Waals surface area contributed by atoms with E-state index in [2.05, 4.69) is 15.2 Å². The Morgan fingerprint density at radius 2 is 2.13 bits per heavy atom. The van der Waals surface area contributed by atoms with Crippen LogP contribution in [0.1, 0.15) is 10.5 Å². The zero-order chi connectivity index (χ0) is 16.4. The Morgan fingerprint density at radius 1 is 1.30 bits per heavy atom. The van der Waals surface area contributed by atoms with Gasteiger partial charge in [0.05, 0.1) is 17.8 Å². The van der Waals surface area contributed by atoms with Crippen molar-refractivity contribution in [2.45, 2.75) is 0 Å². The number of pyridine rings is 1. The molecule has 0 spiro atoms. The molecule has 0 saturated carbocycles. The molecule has 116 valence electrons. The first kappa shape index (κ1) is 15.0. The van der Waals surface area contributed by atoms with Crippen LogP contribution in [-0.2, 0) is 0 Å². The van der Waals surface area contributed by atoms with Gasteiger partial charge in [-0.1, -0.05) is 17.7 Å². The Hall–Kier alpha value is -2.93. The number of rotatable bonds is 4. The fourth-order valence-electron chi connectivity index (χ4n) is 2.04. The molecule has 0 bridgehead atoms. The topological polar surface area (TPSA) is 88.5 Å². The lowest BCUT2D eigenvalue weighted by molar-refractivity contribution is 0.0692. The van der Waals surface area contributed by atoms with Crippen molar-refractivity contribution >= 4 is 34.7 Å². The number of carboxylic acids is 1. The van der Waals surface area contributed by atoms with Crippen molar-refractivity contribution in [3.8, 4) is 5.75 Å². The summed E-state index contributed by atoms with van der Waals surface area (Å²) in [4.78, 5) is 15.4. The normalized spacial score (nSPS) is 11.2. The van der Waals surface area contributed by atoms with Gasteiger partial charge in [0, 0.05) is 6.20 Å². The van der Waals surface area contributed by atoms with E-state index in [0.717, 1.165) is 0 Å². The first-order valence-corrected chi connectivity index (χ1v) is 6.93. The second kappa shape index (κ2) is 6.05. The molecule has 2 aromatic heterocycles. The molecule has 0 amide bonds. The van der Waals surface area contributed by atoms with Crippen molar-refractivity contribution in [3.63, 3.8) is 0 Å². The molecule has 8 heteroatoms. The summed E-state index contributed by atoms with van der Waals surface area (Å²) in [7, 11) is 1.51. The summed E-state index contributed by atoms with van der Waals surface area (Å²) in [6, 6.07) is 10.1. The molecule has 7 nitrogen and oxygen atoms in total. The van der Waals surface area contributed by atoms with Gasteiger partial charge in [-0.05, 0) is 30.3 Å². The van der Waals surface area contributed by atoms with Crippen LogP contribution in [0.25, 0.3) is 5.65 Å². The second-order valence-corrected chi connectivity index (χ2v) is 4.94. The van der Waals surface area contributed by atoms with E-state index in [1.807, 2.05) is 0 Å². The van der Waals surface area contributed by atoms with Crippen LogP contribution in [0.4, 0.5) is 11.5 Å². The van der Waals surface area contributed by atoms with Crippen LogP contribution in [0.2, 0.25) is 5.02 Å². The zero-order valence-corrected chi connectivity index (χ0v) is 12.7. The molecule has 0 aliphatic rings. The van der Waals surface area contributed by atoms with Crippen LogP contribution in [0.3, 0.4) is 0 Å². The van der Waals surface area contributed by atoms with E-state index in [1.54, 1.807) is 47.0 Å². The van der Waals surface area contributed by atoms with Crippen molar-refractivity contribution in [1.82, 2.24) is 9.38 Å². The second-order valence-electron chi connectivity index (χ2n) is 4.54. The largest absolute Gasteiger partial charge is 0.495 e. The molecule has 1 aromatic carbocycles. The van der Waals surface area contributed by atoms with E-state index in [-0.39, 0.29) is 11.5 Å². The van der Waals surface area contributed by atoms with E-state index < -0.39 is 5.97 Å². The molecule has 0 fully saturated rings. The van der Waals surface area contributed by atoms with Gasteiger partial charge in [-0.15, -0.1) is 10.2 Å². The van der Waals surface area contributed by atoms with Crippen molar-refractivity contribution in [2.75, 3.05) is 7.11 Å². The molecular weight excluding hydrogens is 320 g/mol. The third-order valence-corrected chi connectivity index (χ3v) is 3.40. The molecule has 0 radical (unpaired) electrons. The number of hydrogen-bond acceptors (Lipinski definition) is 5. The number of hydrogen-bond donors (Lipinski definition) is 1. The lowest BCUT2D eigenvalue weighted by Crippen LogP contribution is -1.96. The van der Waals surface area contributed by atoms with Crippen molar-refractivity contribution < 1.29 is 14.6 Å². The number of nitrogens with zero attached hydrogens (tertiary/aromatic N) is 4. The molecule has 0 atom stereocenters. The number of imidazole rings is 1. The minimum absolute atomic E-state index is 0.139. The predicted octanol–water partition coefficient (Wildman–Crippen LogP) is 4.11. The highest BCUT2D eigenvalue weighted by molar-refractivity contribution is 6.32. The van der Waals surface area contributed by atoms with Crippen molar-refractivity contribution in [3.05, 3.63) is 53.3 Å². The molecule has 2 heterocycles. The lowest BCUT2D eigenvalue weighted by atomic mass is 10.3. The summed E-state index contributed by atoms with van der Waals surface area (Å²) in [5.41, 5.74) is 0.782. The summed E-state index contributed by atoms with van der Waals surface area (Å²) in [5, 5.41) is 17.7. The van der Waals surface area contributed by atoms with Gasteiger partial charge in [-0.2, -0.15) is 0 Å². The highest BCUT2D eigenvalue weighted by atomic mass is 35.5. The fourth-order valence-corrected chi connectivity index (χ4v) is 2.30. The van der Waals surface area contributed by atoms with E-state index in [9.17, 15) is 9.90 Å². The van der Waals surface area contributed by atoms with Gasteiger partial charge in [-0.25, -0.2) is 9.78 Å². The van der Waals surface area contributed by atoms with Gasteiger partial charge in [-0.3, -0.25) is 4.40 Å². The molecule has 0 aliphatic carbocycles. The number of azo groups is 1. The Morgan fingerprint density at radius 3 is 2.83 bits per heavy atom. The monoisotopic (exact) mass is 330 g/mol. The SMILES string of the molecule is COc1ccc(N=Nc2c(C(=O)O)nc3ccccn23)cc1Cl. The minimum Gasteiger partial charge on any atom is -0.495 e. The summed E-state index contributed by atoms with van der Waals surface area (Å²) < 4.78 is 6.62. The number of fused-ring (bicyclic) bond motifs is 1. The van der Waals surface area contributed by atoms with Crippen molar-refractivity contribution in [1.29, 1.82) is 0 Å². The maximum absolute atomic E-state index is 11.3. The summed E-state index contributed by atoms with van der Waals surface area (Å²) >= 11 is 6.03. The van der Waals surface area contributed by atoms with Crippen LogP contribution >= 0.6 is 11.6 Å². The number of carboxylic acid groups (broad SMARTS) is 1. The fraction of sp³-hybridized carbons (Fsp3) is 0.0667. The number of aromatic carboxylic acids is 1. The number of halogens is 1. The quantitative estimate of drug-likeness (QED) is 0.729. The van der Waals surface area contributed by atoms with E-state index in [4.69, 9.17) is 16.3 Å². The standard InChI is InChI=1S/C15H11ClN4O3/c1-23-11-6-5-9(8-10(11)16)18-19-14-13(15(21)22)17-12-4-2-3-7-20(12)14/h2-8H,1H3,(H,21,22). The van der Waals surface area contributed by atoms with E-state index in [1.165, 1.54) is 7.11 Å². The van der Waals surface area contributed by atoms with Gasteiger partial charge in [0.15, 0.2) is 11.5 Å². The predicted molar refractivity (Wildman–Crippen MR) is 84.3 cm³/mol. The summed E-state index contributed by atoms with van der Waals surface area (Å²) in [6.07, 6.45) is 1.67. The number of aromatic nitrogens is 2. The average Bonchev–Trinajstić information content (AvgIpc) is 2.92. The van der Waals surface area contributed by atoms with E-state index >= 15 is 0 Å². The zero-order valence-electron chi connectivity index (χ0n) is 12.0. The molecule has 1 N–H and O–H groups in total. The Balaban J connectivity index is 2.05. The van der Waals surface area contributed by atoms with Gasteiger partial charge in [0.25, 0.3) is 0 Å². The number of carbonyl (C=O) groups is 1. The maximum Gasteiger partial charge on any atom is 0.358 e. The summed E-state index contributed by atoms with van der Waals surface area (Å²) in [5.74, 6) is -0.512. The average molecular weight is 331 g/mol. The van der Waals surface area contributed by atoms with Gasteiger partial charge in [0.2, 0.25) is 0 Å². The van der Waals surface area contributed by atoms with Gasteiger partial charge in [0.1, 0.15) is 11.4 Å². The van der Waals surface area contributed by atoms with Crippen LogP contribution in [0.5, 0.6) is 5.75 Å². The Labute approximate surface area is 135 Å². The highest BCUT2D eigenvalue weighted by Crippen LogP contribution is 2.30. The number of ether oxygens (including phenoxy) is 1. The lowest BCUT2D eigenvalue weighted by Gasteiger charge is -2.02. The smallest absolute Gasteiger partial charge is 0.358 e. The first-order chi connectivity index (χ1) is 11.1. The maximum atomic E-state index is 11.3. The Bertz CT molecular complexity index is 920. The van der Waals surface area contributed by atoms with Crippen LogP contribution in [0.15, 0.2) is 52.8 Å². The third-order valence-electron chi connectivity index (χ3n) is 3.10.